The number of likely N-dealkylation sites (N-methyl/N-ethyl adjacent to an activating group) is 1. The SMILES string of the molecule is CN1CCc2c(n(CC(O)CN3CCN(CCO)CC3)c3ccccc23)C1=O.[Cl-]. The molecule has 1 amide bonds. The molecule has 1 aromatic carbocycles. The van der Waals surface area contributed by atoms with Gasteiger partial charge in [0.25, 0.3) is 5.91 Å². The van der Waals surface area contributed by atoms with E-state index in [-0.39, 0.29) is 24.9 Å². The first-order chi connectivity index (χ1) is 13.6. The van der Waals surface area contributed by atoms with Gasteiger partial charge in [-0.25, -0.2) is 0 Å². The summed E-state index contributed by atoms with van der Waals surface area (Å²) in [6.07, 6.45) is 0.318. The summed E-state index contributed by atoms with van der Waals surface area (Å²) in [5.41, 5.74) is 2.88. The average Bonchev–Trinajstić information content (AvgIpc) is 3.01. The predicted molar refractivity (Wildman–Crippen MR) is 109 cm³/mol. The van der Waals surface area contributed by atoms with Crippen LogP contribution in [0.5, 0.6) is 0 Å². The van der Waals surface area contributed by atoms with Crippen molar-refractivity contribution in [1.82, 2.24) is 19.3 Å². The van der Waals surface area contributed by atoms with E-state index in [9.17, 15) is 9.90 Å². The Morgan fingerprint density at radius 2 is 1.72 bits per heavy atom. The summed E-state index contributed by atoms with van der Waals surface area (Å²) in [7, 11) is 1.84. The first-order valence-electron chi connectivity index (χ1n) is 10.2. The molecule has 3 heterocycles. The molecular weight excluding hydrogens is 392 g/mol. The number of aliphatic hydroxyl groups excluding tert-OH is 2. The van der Waals surface area contributed by atoms with Crippen LogP contribution in [0.4, 0.5) is 0 Å². The van der Waals surface area contributed by atoms with Crippen molar-refractivity contribution in [2.75, 3.05) is 59.5 Å². The molecule has 2 aliphatic heterocycles. The third-order valence-electron chi connectivity index (χ3n) is 6.07. The molecule has 0 saturated carbocycles. The number of carbonyl (C=O) groups is 1. The molecule has 7 nitrogen and oxygen atoms in total. The molecule has 1 fully saturated rings. The third kappa shape index (κ3) is 4.44. The topological polar surface area (TPSA) is 72.2 Å². The number of rotatable bonds is 6. The Bertz CT molecular complexity index is 848. The van der Waals surface area contributed by atoms with E-state index in [1.165, 1.54) is 0 Å². The fourth-order valence-electron chi connectivity index (χ4n) is 4.53. The summed E-state index contributed by atoms with van der Waals surface area (Å²) >= 11 is 0. The van der Waals surface area contributed by atoms with Gasteiger partial charge in [-0.1, -0.05) is 18.2 Å². The molecule has 160 valence electrons. The summed E-state index contributed by atoms with van der Waals surface area (Å²) in [6.45, 7) is 6.28. The molecule has 1 saturated heterocycles. The predicted octanol–water partition coefficient (Wildman–Crippen LogP) is -2.76. The van der Waals surface area contributed by atoms with Crippen molar-refractivity contribution in [3.05, 3.63) is 35.5 Å². The lowest BCUT2D eigenvalue weighted by Gasteiger charge is -2.35. The molecule has 29 heavy (non-hydrogen) atoms. The maximum atomic E-state index is 12.9. The summed E-state index contributed by atoms with van der Waals surface area (Å²) in [6, 6.07) is 8.13. The van der Waals surface area contributed by atoms with Gasteiger partial charge in [-0.3, -0.25) is 14.6 Å². The Labute approximate surface area is 177 Å². The molecule has 4 rings (SSSR count). The van der Waals surface area contributed by atoms with E-state index in [2.05, 4.69) is 15.9 Å². The Hall–Kier alpha value is -1.64. The minimum Gasteiger partial charge on any atom is -1.00 e. The van der Waals surface area contributed by atoms with Gasteiger partial charge in [0, 0.05) is 63.8 Å². The van der Waals surface area contributed by atoms with Gasteiger partial charge in [-0.15, -0.1) is 0 Å². The maximum Gasteiger partial charge on any atom is 0.270 e. The number of para-hydroxylation sites is 1. The second-order valence-corrected chi connectivity index (χ2v) is 7.95. The number of halogens is 1. The second-order valence-electron chi connectivity index (χ2n) is 7.95. The monoisotopic (exact) mass is 421 g/mol. The molecule has 1 aromatic heterocycles. The van der Waals surface area contributed by atoms with Crippen molar-refractivity contribution in [3.8, 4) is 0 Å². The van der Waals surface area contributed by atoms with Gasteiger partial charge < -0.3 is 32.1 Å². The fourth-order valence-corrected chi connectivity index (χ4v) is 4.53. The van der Waals surface area contributed by atoms with Crippen molar-refractivity contribution in [3.63, 3.8) is 0 Å². The molecule has 1 atom stereocenters. The summed E-state index contributed by atoms with van der Waals surface area (Å²) in [5, 5.41) is 21.0. The zero-order valence-corrected chi connectivity index (χ0v) is 17.7. The zero-order chi connectivity index (χ0) is 19.7. The van der Waals surface area contributed by atoms with E-state index in [4.69, 9.17) is 5.11 Å². The number of hydrogen-bond donors (Lipinski definition) is 2. The highest BCUT2D eigenvalue weighted by Crippen LogP contribution is 2.30. The van der Waals surface area contributed by atoms with Crippen LogP contribution >= 0.6 is 0 Å². The average molecular weight is 422 g/mol. The number of β-amino-alcohol motifs (C(OH)–C–C–N with tert-alkyl or cyclic N) is 2. The lowest BCUT2D eigenvalue weighted by atomic mass is 10.0. The molecular formula is C21H30ClN4O3-. The van der Waals surface area contributed by atoms with Crippen LogP contribution in [0.1, 0.15) is 16.1 Å². The largest absolute Gasteiger partial charge is 1.00 e. The van der Waals surface area contributed by atoms with Gasteiger partial charge in [-0.2, -0.15) is 0 Å². The normalized spacial score (nSPS) is 19.3. The van der Waals surface area contributed by atoms with Crippen LogP contribution in [-0.4, -0.2) is 101 Å². The molecule has 2 aliphatic rings. The van der Waals surface area contributed by atoms with Crippen LogP contribution < -0.4 is 12.4 Å². The van der Waals surface area contributed by atoms with E-state index < -0.39 is 6.10 Å². The lowest BCUT2D eigenvalue weighted by Crippen LogP contribution is -3.00. The molecule has 0 radical (unpaired) electrons. The van der Waals surface area contributed by atoms with E-state index in [1.807, 2.05) is 29.8 Å². The number of benzene rings is 1. The standard InChI is InChI=1S/C21H30N4O3.ClH/c1-22-7-6-18-17-4-2-3-5-19(17)25(20(18)21(22)28)15-16(27)14-24-10-8-23(9-11-24)12-13-26;/h2-5,16,26-27H,6-15H2,1H3;1H/p-1. The molecule has 1 unspecified atom stereocenters. The number of aliphatic hydroxyl groups is 2. The van der Waals surface area contributed by atoms with Crippen molar-refractivity contribution in [2.45, 2.75) is 19.1 Å². The number of carbonyl (C=O) groups excluding carboxylic acids is 1. The van der Waals surface area contributed by atoms with Crippen LogP contribution in [0.3, 0.4) is 0 Å². The molecule has 0 aliphatic carbocycles. The molecule has 2 aromatic rings. The van der Waals surface area contributed by atoms with E-state index in [1.54, 1.807) is 4.90 Å². The Balaban J connectivity index is 0.00000240. The van der Waals surface area contributed by atoms with Crippen molar-refractivity contribution in [1.29, 1.82) is 0 Å². The summed E-state index contributed by atoms with van der Waals surface area (Å²) < 4.78 is 2.02. The Morgan fingerprint density at radius 1 is 1.03 bits per heavy atom. The minimum absolute atomic E-state index is 0. The van der Waals surface area contributed by atoms with Gasteiger partial charge in [0.1, 0.15) is 5.69 Å². The van der Waals surface area contributed by atoms with Gasteiger partial charge >= 0.3 is 0 Å². The second kappa shape index (κ2) is 9.45. The van der Waals surface area contributed by atoms with Crippen LogP contribution in [-0.2, 0) is 13.0 Å². The van der Waals surface area contributed by atoms with E-state index in [0.29, 0.717) is 19.6 Å². The Kier molecular flexibility index (Phi) is 7.19. The molecule has 8 heteroatoms. The number of fused-ring (bicyclic) bond motifs is 3. The minimum atomic E-state index is -0.538. The van der Waals surface area contributed by atoms with E-state index in [0.717, 1.165) is 61.3 Å². The quantitative estimate of drug-likeness (QED) is 0.529. The van der Waals surface area contributed by atoms with Gasteiger partial charge in [0.05, 0.1) is 19.3 Å². The zero-order valence-electron chi connectivity index (χ0n) is 16.9. The lowest BCUT2D eigenvalue weighted by molar-refractivity contribution is -0.0000196. The van der Waals surface area contributed by atoms with Gasteiger partial charge in [0.2, 0.25) is 0 Å². The highest BCUT2D eigenvalue weighted by atomic mass is 35.5. The van der Waals surface area contributed by atoms with Gasteiger partial charge in [0.15, 0.2) is 0 Å². The number of hydrogen-bond acceptors (Lipinski definition) is 5. The van der Waals surface area contributed by atoms with Crippen molar-refractivity contribution >= 4 is 16.8 Å². The number of aromatic nitrogens is 1. The molecule has 2 N–H and O–H groups in total. The van der Waals surface area contributed by atoms with Crippen LogP contribution in [0.2, 0.25) is 0 Å². The highest BCUT2D eigenvalue weighted by molar-refractivity contribution is 6.02. The van der Waals surface area contributed by atoms with Crippen LogP contribution in [0.15, 0.2) is 24.3 Å². The number of amides is 1. The molecule has 0 spiro atoms. The number of piperazine rings is 1. The van der Waals surface area contributed by atoms with Crippen LogP contribution in [0, 0.1) is 0 Å². The Morgan fingerprint density at radius 3 is 2.45 bits per heavy atom. The fraction of sp³-hybridized carbons (Fsp3) is 0.571. The molecule has 0 bridgehead atoms. The number of nitrogens with zero attached hydrogens (tertiary/aromatic N) is 4. The van der Waals surface area contributed by atoms with E-state index >= 15 is 0 Å². The smallest absolute Gasteiger partial charge is 0.270 e. The van der Waals surface area contributed by atoms with Crippen LogP contribution in [0.25, 0.3) is 10.9 Å². The third-order valence-corrected chi connectivity index (χ3v) is 6.07. The highest BCUT2D eigenvalue weighted by Gasteiger charge is 2.30. The first kappa shape index (κ1) is 22.1. The maximum absolute atomic E-state index is 12.9. The van der Waals surface area contributed by atoms with Gasteiger partial charge in [-0.05, 0) is 18.1 Å². The van der Waals surface area contributed by atoms with Crippen molar-refractivity contribution < 1.29 is 27.4 Å². The summed E-state index contributed by atoms with van der Waals surface area (Å²) in [5.74, 6) is 0.0438. The first-order valence-corrected chi connectivity index (χ1v) is 10.2. The summed E-state index contributed by atoms with van der Waals surface area (Å²) in [4.78, 5) is 19.1. The van der Waals surface area contributed by atoms with Crippen molar-refractivity contribution in [2.24, 2.45) is 0 Å².